The lowest BCUT2D eigenvalue weighted by atomic mass is 9.89. The maximum absolute atomic E-state index is 5.92. The predicted octanol–water partition coefficient (Wildman–Crippen LogP) is 3.76. The van der Waals surface area contributed by atoms with E-state index < -0.39 is 0 Å². The van der Waals surface area contributed by atoms with Gasteiger partial charge in [-0.05, 0) is 56.8 Å². The molecule has 3 aliphatic rings. The Morgan fingerprint density at radius 1 is 1.12 bits per heavy atom. The zero-order chi connectivity index (χ0) is 16.6. The fourth-order valence-corrected chi connectivity index (χ4v) is 4.59. The van der Waals surface area contributed by atoms with E-state index in [4.69, 9.17) is 14.2 Å². The maximum atomic E-state index is 5.92. The van der Waals surface area contributed by atoms with Gasteiger partial charge in [-0.2, -0.15) is 4.98 Å². The second kappa shape index (κ2) is 6.54. The number of hydrogen-bond donors (Lipinski definition) is 0. The summed E-state index contributed by atoms with van der Waals surface area (Å²) in [6.45, 7) is 3.43. The first kappa shape index (κ1) is 15.5. The van der Waals surface area contributed by atoms with Gasteiger partial charge in [-0.3, -0.25) is 4.90 Å². The molecule has 5 heteroatoms. The smallest absolute Gasteiger partial charge is 0.232 e. The maximum Gasteiger partial charge on any atom is 0.232 e. The second-order valence-electron chi connectivity index (χ2n) is 7.71. The number of ether oxygens (including phenoxy) is 1. The zero-order valence-corrected chi connectivity index (χ0v) is 14.6. The van der Waals surface area contributed by atoms with Gasteiger partial charge in [-0.1, -0.05) is 29.8 Å². The van der Waals surface area contributed by atoms with Crippen molar-refractivity contribution in [2.24, 2.45) is 0 Å². The van der Waals surface area contributed by atoms with Crippen LogP contribution in [0.2, 0.25) is 0 Å². The van der Waals surface area contributed by atoms with Gasteiger partial charge in [0.05, 0.1) is 18.1 Å². The zero-order valence-electron chi connectivity index (χ0n) is 14.6. The van der Waals surface area contributed by atoms with Gasteiger partial charge in [-0.15, -0.1) is 0 Å². The number of nitrogens with zero attached hydrogens (tertiary/aromatic N) is 3. The van der Waals surface area contributed by atoms with Crippen LogP contribution in [0.15, 0.2) is 28.8 Å². The Balaban J connectivity index is 1.32. The van der Waals surface area contributed by atoms with Gasteiger partial charge in [0.1, 0.15) is 0 Å². The predicted molar refractivity (Wildman–Crippen MR) is 94.1 cm³/mol. The molecular formula is C20H25N3O2. The van der Waals surface area contributed by atoms with Crippen LogP contribution in [0.25, 0.3) is 11.4 Å². The van der Waals surface area contributed by atoms with Crippen LogP contribution in [-0.4, -0.2) is 40.3 Å². The molecule has 1 aromatic carbocycles. The summed E-state index contributed by atoms with van der Waals surface area (Å²) in [4.78, 5) is 7.24. The number of benzene rings is 1. The molecule has 2 aromatic rings. The van der Waals surface area contributed by atoms with E-state index in [0.717, 1.165) is 30.8 Å². The van der Waals surface area contributed by atoms with E-state index in [-0.39, 0.29) is 12.0 Å². The molecule has 0 unspecified atom stereocenters. The average Bonchev–Trinajstić information content (AvgIpc) is 3.39. The van der Waals surface area contributed by atoms with Crippen LogP contribution in [0.5, 0.6) is 0 Å². The molecule has 0 N–H and O–H groups in total. The molecule has 0 spiro atoms. The molecule has 0 aliphatic carbocycles. The normalized spacial score (nSPS) is 29.4. The Kier molecular flexibility index (Phi) is 4.06. The monoisotopic (exact) mass is 339 g/mol. The van der Waals surface area contributed by atoms with Crippen molar-refractivity contribution in [1.29, 1.82) is 0 Å². The van der Waals surface area contributed by atoms with Crippen LogP contribution in [0.1, 0.15) is 55.9 Å². The molecule has 2 bridgehead atoms. The summed E-state index contributed by atoms with van der Waals surface area (Å²) in [5.74, 6) is 1.75. The summed E-state index contributed by atoms with van der Waals surface area (Å²) in [7, 11) is 0. The van der Waals surface area contributed by atoms with E-state index in [2.05, 4.69) is 34.3 Å². The molecule has 0 radical (unpaired) electrons. The van der Waals surface area contributed by atoms with Gasteiger partial charge in [0.25, 0.3) is 0 Å². The first-order chi connectivity index (χ1) is 12.3. The summed E-state index contributed by atoms with van der Waals surface area (Å²) >= 11 is 0. The summed E-state index contributed by atoms with van der Waals surface area (Å²) in [5.41, 5.74) is 2.38. The summed E-state index contributed by atoms with van der Waals surface area (Å²) in [6, 6.07) is 8.58. The van der Waals surface area contributed by atoms with E-state index >= 15 is 0 Å². The SMILES string of the molecule is c1cc(CN2CCCCC2)cc(-c2noc([C@@H]3C[C@H]4CC[C@@H]3O4)n2)c1. The number of piperidine rings is 1. The van der Waals surface area contributed by atoms with Gasteiger partial charge >= 0.3 is 0 Å². The summed E-state index contributed by atoms with van der Waals surface area (Å²) in [5, 5.41) is 4.25. The fourth-order valence-electron chi connectivity index (χ4n) is 4.59. The van der Waals surface area contributed by atoms with E-state index in [9.17, 15) is 0 Å². The highest BCUT2D eigenvalue weighted by atomic mass is 16.5. The van der Waals surface area contributed by atoms with Crippen molar-refractivity contribution in [3.05, 3.63) is 35.7 Å². The van der Waals surface area contributed by atoms with Crippen molar-refractivity contribution in [3.8, 4) is 11.4 Å². The van der Waals surface area contributed by atoms with Crippen molar-refractivity contribution in [2.75, 3.05) is 13.1 Å². The lowest BCUT2D eigenvalue weighted by molar-refractivity contribution is 0.0974. The molecule has 3 aliphatic heterocycles. The van der Waals surface area contributed by atoms with Crippen molar-refractivity contribution in [1.82, 2.24) is 15.0 Å². The van der Waals surface area contributed by atoms with Crippen LogP contribution in [0, 0.1) is 0 Å². The summed E-state index contributed by atoms with van der Waals surface area (Å²) < 4.78 is 11.5. The molecule has 25 heavy (non-hydrogen) atoms. The lowest BCUT2D eigenvalue weighted by Crippen LogP contribution is -2.29. The average molecular weight is 339 g/mol. The molecule has 132 valence electrons. The third kappa shape index (κ3) is 3.11. The minimum absolute atomic E-state index is 0.281. The van der Waals surface area contributed by atoms with Crippen LogP contribution >= 0.6 is 0 Å². The standard InChI is InChI=1S/C20H25N3O2/c1-2-9-23(10-3-1)13-14-5-4-6-15(11-14)19-21-20(25-22-19)17-12-16-7-8-18(17)24-16/h4-6,11,16-18H,1-3,7-10,12-13H2/t16-,17-,18+/m1/s1. The van der Waals surface area contributed by atoms with Gasteiger partial charge in [0, 0.05) is 12.1 Å². The third-order valence-corrected chi connectivity index (χ3v) is 5.90. The quantitative estimate of drug-likeness (QED) is 0.849. The first-order valence-corrected chi connectivity index (χ1v) is 9.66. The molecule has 3 atom stereocenters. The topological polar surface area (TPSA) is 51.4 Å². The molecule has 3 fully saturated rings. The number of rotatable bonds is 4. The van der Waals surface area contributed by atoms with Gasteiger partial charge in [0.15, 0.2) is 0 Å². The van der Waals surface area contributed by atoms with E-state index in [1.54, 1.807) is 0 Å². The van der Waals surface area contributed by atoms with E-state index in [1.165, 1.54) is 44.3 Å². The van der Waals surface area contributed by atoms with Gasteiger partial charge in [0.2, 0.25) is 11.7 Å². The molecule has 5 nitrogen and oxygen atoms in total. The first-order valence-electron chi connectivity index (χ1n) is 9.66. The van der Waals surface area contributed by atoms with Crippen molar-refractivity contribution < 1.29 is 9.26 Å². The Morgan fingerprint density at radius 3 is 2.84 bits per heavy atom. The number of fused-ring (bicyclic) bond motifs is 2. The molecule has 3 saturated heterocycles. The van der Waals surface area contributed by atoms with Crippen LogP contribution in [0.4, 0.5) is 0 Å². The lowest BCUT2D eigenvalue weighted by Gasteiger charge is -2.26. The Labute approximate surface area is 148 Å². The van der Waals surface area contributed by atoms with Crippen LogP contribution < -0.4 is 0 Å². The van der Waals surface area contributed by atoms with E-state index in [0.29, 0.717) is 11.9 Å². The highest BCUT2D eigenvalue weighted by Gasteiger charge is 2.44. The van der Waals surface area contributed by atoms with Crippen LogP contribution in [-0.2, 0) is 11.3 Å². The Morgan fingerprint density at radius 2 is 2.04 bits per heavy atom. The molecule has 5 rings (SSSR count). The fraction of sp³-hybridized carbons (Fsp3) is 0.600. The Bertz CT molecular complexity index is 738. The number of likely N-dealkylation sites (tertiary alicyclic amines) is 1. The van der Waals surface area contributed by atoms with Crippen molar-refractivity contribution in [2.45, 2.75) is 63.2 Å². The minimum atomic E-state index is 0.281. The Hall–Kier alpha value is -1.72. The van der Waals surface area contributed by atoms with E-state index in [1.807, 2.05) is 0 Å². The summed E-state index contributed by atoms with van der Waals surface area (Å²) in [6.07, 6.45) is 8.02. The third-order valence-electron chi connectivity index (χ3n) is 5.90. The highest BCUT2D eigenvalue weighted by molar-refractivity contribution is 5.55. The number of hydrogen-bond acceptors (Lipinski definition) is 5. The molecule has 0 amide bonds. The van der Waals surface area contributed by atoms with Crippen molar-refractivity contribution >= 4 is 0 Å². The molecular weight excluding hydrogens is 314 g/mol. The molecule has 0 saturated carbocycles. The van der Waals surface area contributed by atoms with Gasteiger partial charge < -0.3 is 9.26 Å². The van der Waals surface area contributed by atoms with Crippen LogP contribution in [0.3, 0.4) is 0 Å². The highest BCUT2D eigenvalue weighted by Crippen LogP contribution is 2.44. The molecule has 1 aromatic heterocycles. The number of aromatic nitrogens is 2. The molecule has 4 heterocycles. The minimum Gasteiger partial charge on any atom is -0.374 e. The largest absolute Gasteiger partial charge is 0.374 e. The van der Waals surface area contributed by atoms with Gasteiger partial charge in [-0.25, -0.2) is 0 Å². The van der Waals surface area contributed by atoms with Crippen molar-refractivity contribution in [3.63, 3.8) is 0 Å². The second-order valence-corrected chi connectivity index (χ2v) is 7.71.